The van der Waals surface area contributed by atoms with Gasteiger partial charge in [0.2, 0.25) is 5.91 Å². The maximum atomic E-state index is 12.4. The second-order valence-electron chi connectivity index (χ2n) is 6.66. The SMILES string of the molecule is COc1ccc(OC)c(CN2CCN(C(=O)/C=C/c3ccc(Cl)cc3)CC2)c1. The normalized spacial score (nSPS) is 15.0. The number of carbonyl (C=O) groups excluding carboxylic acids is 1. The summed E-state index contributed by atoms with van der Waals surface area (Å²) in [7, 11) is 3.34. The number of ether oxygens (including phenoxy) is 2. The fourth-order valence-electron chi connectivity index (χ4n) is 3.22. The summed E-state index contributed by atoms with van der Waals surface area (Å²) in [6, 6.07) is 13.2. The first kappa shape index (κ1) is 20.2. The quantitative estimate of drug-likeness (QED) is 0.693. The Labute approximate surface area is 171 Å². The lowest BCUT2D eigenvalue weighted by molar-refractivity contribution is -0.127. The number of hydrogen-bond donors (Lipinski definition) is 0. The molecule has 1 heterocycles. The summed E-state index contributed by atoms with van der Waals surface area (Å²) in [5, 5.41) is 0.687. The van der Waals surface area contributed by atoms with Crippen LogP contribution in [0, 0.1) is 0 Å². The predicted molar refractivity (Wildman–Crippen MR) is 112 cm³/mol. The summed E-state index contributed by atoms with van der Waals surface area (Å²) in [6.07, 6.45) is 3.45. The molecule has 5 nitrogen and oxygen atoms in total. The average molecular weight is 401 g/mol. The van der Waals surface area contributed by atoms with Crippen LogP contribution in [0.4, 0.5) is 0 Å². The van der Waals surface area contributed by atoms with Gasteiger partial charge in [0.1, 0.15) is 11.5 Å². The van der Waals surface area contributed by atoms with Crippen molar-refractivity contribution in [1.29, 1.82) is 0 Å². The van der Waals surface area contributed by atoms with Crippen LogP contribution in [0.25, 0.3) is 6.08 Å². The van der Waals surface area contributed by atoms with E-state index in [2.05, 4.69) is 4.90 Å². The van der Waals surface area contributed by atoms with Gasteiger partial charge in [0, 0.05) is 49.4 Å². The van der Waals surface area contributed by atoms with E-state index < -0.39 is 0 Å². The van der Waals surface area contributed by atoms with Crippen molar-refractivity contribution in [1.82, 2.24) is 9.80 Å². The molecule has 2 aromatic carbocycles. The maximum Gasteiger partial charge on any atom is 0.246 e. The van der Waals surface area contributed by atoms with E-state index in [1.807, 2.05) is 53.4 Å². The van der Waals surface area contributed by atoms with Gasteiger partial charge in [-0.1, -0.05) is 23.7 Å². The molecule has 0 N–H and O–H groups in total. The summed E-state index contributed by atoms with van der Waals surface area (Å²) >= 11 is 5.88. The lowest BCUT2D eigenvalue weighted by atomic mass is 10.1. The first-order chi connectivity index (χ1) is 13.6. The molecule has 148 valence electrons. The number of hydrogen-bond acceptors (Lipinski definition) is 4. The van der Waals surface area contributed by atoms with Crippen LogP contribution in [-0.2, 0) is 11.3 Å². The lowest BCUT2D eigenvalue weighted by Gasteiger charge is -2.34. The minimum atomic E-state index is 0.0357. The van der Waals surface area contributed by atoms with Crippen LogP contribution in [0.15, 0.2) is 48.5 Å². The highest BCUT2D eigenvalue weighted by molar-refractivity contribution is 6.30. The fourth-order valence-corrected chi connectivity index (χ4v) is 3.35. The van der Waals surface area contributed by atoms with Crippen molar-refractivity contribution in [3.05, 3.63) is 64.7 Å². The molecule has 2 aromatic rings. The number of nitrogens with zero attached hydrogens (tertiary/aromatic N) is 2. The molecule has 1 fully saturated rings. The van der Waals surface area contributed by atoms with E-state index >= 15 is 0 Å². The summed E-state index contributed by atoms with van der Waals surface area (Å²) in [4.78, 5) is 16.6. The highest BCUT2D eigenvalue weighted by Gasteiger charge is 2.20. The van der Waals surface area contributed by atoms with Gasteiger partial charge in [-0.25, -0.2) is 0 Å². The Kier molecular flexibility index (Phi) is 6.95. The molecule has 0 atom stereocenters. The molecule has 1 saturated heterocycles. The van der Waals surface area contributed by atoms with Crippen LogP contribution in [-0.4, -0.2) is 56.1 Å². The standard InChI is InChI=1S/C22H25ClN2O3/c1-27-20-8-9-21(28-2)18(15-20)16-24-11-13-25(14-12-24)22(26)10-5-17-3-6-19(23)7-4-17/h3-10,15H,11-14,16H2,1-2H3/b10-5+. The van der Waals surface area contributed by atoms with E-state index in [4.69, 9.17) is 21.1 Å². The van der Waals surface area contributed by atoms with E-state index in [0.29, 0.717) is 18.1 Å². The Morgan fingerprint density at radius 3 is 2.39 bits per heavy atom. The third-order valence-corrected chi connectivity index (χ3v) is 5.11. The van der Waals surface area contributed by atoms with Crippen LogP contribution < -0.4 is 9.47 Å². The molecule has 28 heavy (non-hydrogen) atoms. The van der Waals surface area contributed by atoms with Crippen molar-refractivity contribution >= 4 is 23.6 Å². The first-order valence-corrected chi connectivity index (χ1v) is 9.62. The molecule has 1 aliphatic rings. The third-order valence-electron chi connectivity index (χ3n) is 4.85. The minimum absolute atomic E-state index is 0.0357. The minimum Gasteiger partial charge on any atom is -0.497 e. The van der Waals surface area contributed by atoms with Crippen LogP contribution in [0.2, 0.25) is 5.02 Å². The summed E-state index contributed by atoms with van der Waals surface area (Å²) in [6.45, 7) is 3.82. The molecule has 0 spiro atoms. The number of benzene rings is 2. The second kappa shape index (κ2) is 9.62. The van der Waals surface area contributed by atoms with Gasteiger partial charge in [-0.05, 0) is 42.0 Å². The Bertz CT molecular complexity index is 828. The molecule has 0 aromatic heterocycles. The molecular formula is C22H25ClN2O3. The maximum absolute atomic E-state index is 12.4. The highest BCUT2D eigenvalue weighted by Crippen LogP contribution is 2.25. The number of halogens is 1. The summed E-state index contributed by atoms with van der Waals surface area (Å²) in [5.74, 6) is 1.70. The molecule has 0 bridgehead atoms. The van der Waals surface area contributed by atoms with Crippen molar-refractivity contribution in [2.75, 3.05) is 40.4 Å². The van der Waals surface area contributed by atoms with Gasteiger partial charge in [0.15, 0.2) is 0 Å². The topological polar surface area (TPSA) is 42.0 Å². The highest BCUT2D eigenvalue weighted by atomic mass is 35.5. The Morgan fingerprint density at radius 1 is 1.04 bits per heavy atom. The zero-order valence-electron chi connectivity index (χ0n) is 16.2. The zero-order valence-corrected chi connectivity index (χ0v) is 17.0. The molecule has 0 aliphatic carbocycles. The zero-order chi connectivity index (χ0) is 19.9. The van der Waals surface area contributed by atoms with Gasteiger partial charge in [-0.2, -0.15) is 0 Å². The van der Waals surface area contributed by atoms with Gasteiger partial charge >= 0.3 is 0 Å². The molecule has 1 aliphatic heterocycles. The molecular weight excluding hydrogens is 376 g/mol. The summed E-state index contributed by atoms with van der Waals surface area (Å²) in [5.41, 5.74) is 2.05. The van der Waals surface area contributed by atoms with E-state index in [-0.39, 0.29) is 5.91 Å². The van der Waals surface area contributed by atoms with Crippen molar-refractivity contribution in [3.63, 3.8) is 0 Å². The largest absolute Gasteiger partial charge is 0.497 e. The molecule has 0 radical (unpaired) electrons. The number of carbonyl (C=O) groups is 1. The number of amides is 1. The van der Waals surface area contributed by atoms with E-state index in [1.54, 1.807) is 20.3 Å². The Balaban J connectivity index is 1.54. The molecule has 6 heteroatoms. The van der Waals surface area contributed by atoms with Crippen LogP contribution in [0.1, 0.15) is 11.1 Å². The first-order valence-electron chi connectivity index (χ1n) is 9.25. The van der Waals surface area contributed by atoms with Crippen molar-refractivity contribution in [2.45, 2.75) is 6.54 Å². The Morgan fingerprint density at radius 2 is 1.75 bits per heavy atom. The predicted octanol–water partition coefficient (Wildman–Crippen LogP) is 3.71. The van der Waals surface area contributed by atoms with Crippen LogP contribution in [0.5, 0.6) is 11.5 Å². The molecule has 0 unspecified atom stereocenters. The number of rotatable bonds is 6. The van der Waals surface area contributed by atoms with Crippen LogP contribution >= 0.6 is 11.6 Å². The summed E-state index contributed by atoms with van der Waals surface area (Å²) < 4.78 is 10.8. The monoisotopic (exact) mass is 400 g/mol. The van der Waals surface area contributed by atoms with Crippen molar-refractivity contribution in [3.8, 4) is 11.5 Å². The van der Waals surface area contributed by atoms with Crippen molar-refractivity contribution in [2.24, 2.45) is 0 Å². The van der Waals surface area contributed by atoms with Crippen molar-refractivity contribution < 1.29 is 14.3 Å². The van der Waals surface area contributed by atoms with E-state index in [1.165, 1.54) is 0 Å². The lowest BCUT2D eigenvalue weighted by Crippen LogP contribution is -2.47. The van der Waals surface area contributed by atoms with Gasteiger partial charge in [-0.15, -0.1) is 0 Å². The van der Waals surface area contributed by atoms with Gasteiger partial charge < -0.3 is 14.4 Å². The second-order valence-corrected chi connectivity index (χ2v) is 7.10. The van der Waals surface area contributed by atoms with Crippen LogP contribution in [0.3, 0.4) is 0 Å². The van der Waals surface area contributed by atoms with Gasteiger partial charge in [0.05, 0.1) is 14.2 Å². The number of methoxy groups -OCH3 is 2. The van der Waals surface area contributed by atoms with Gasteiger partial charge in [0.25, 0.3) is 0 Å². The molecule has 0 saturated carbocycles. The Hall–Kier alpha value is -2.50. The van der Waals surface area contributed by atoms with E-state index in [0.717, 1.165) is 42.3 Å². The molecule has 3 rings (SSSR count). The number of piperazine rings is 1. The molecule has 1 amide bonds. The smallest absolute Gasteiger partial charge is 0.246 e. The van der Waals surface area contributed by atoms with E-state index in [9.17, 15) is 4.79 Å². The average Bonchev–Trinajstić information content (AvgIpc) is 2.73. The fraction of sp³-hybridized carbons (Fsp3) is 0.318. The van der Waals surface area contributed by atoms with Gasteiger partial charge in [-0.3, -0.25) is 9.69 Å². The third kappa shape index (κ3) is 5.27.